The molecule has 0 radical (unpaired) electrons. The highest BCUT2D eigenvalue weighted by Gasteiger charge is 2.29. The van der Waals surface area contributed by atoms with Crippen molar-refractivity contribution in [3.63, 3.8) is 0 Å². The number of carbonyl (C=O) groups excluding carboxylic acids is 2. The van der Waals surface area contributed by atoms with Gasteiger partial charge in [0, 0.05) is 26.1 Å². The van der Waals surface area contributed by atoms with Gasteiger partial charge in [-0.3, -0.25) is 9.59 Å². The monoisotopic (exact) mass is 472 g/mol. The van der Waals surface area contributed by atoms with Crippen LogP contribution in [0.15, 0.2) is 18.2 Å². The minimum atomic E-state index is -0.245. The number of rotatable bonds is 9. The van der Waals surface area contributed by atoms with Crippen LogP contribution in [0.3, 0.4) is 0 Å². The van der Waals surface area contributed by atoms with Crippen LogP contribution in [0.25, 0.3) is 0 Å². The summed E-state index contributed by atoms with van der Waals surface area (Å²) in [6, 6.07) is 5.07. The van der Waals surface area contributed by atoms with Crippen LogP contribution >= 0.6 is 0 Å². The number of carbonyl (C=O) groups is 2. The van der Waals surface area contributed by atoms with E-state index in [1.165, 1.54) is 0 Å². The predicted molar refractivity (Wildman–Crippen MR) is 128 cm³/mol. The summed E-state index contributed by atoms with van der Waals surface area (Å²) in [4.78, 5) is 29.6. The van der Waals surface area contributed by atoms with Gasteiger partial charge >= 0.3 is 0 Å². The van der Waals surface area contributed by atoms with Gasteiger partial charge < -0.3 is 29.2 Å². The molecule has 1 aliphatic heterocycles. The van der Waals surface area contributed by atoms with Gasteiger partial charge in [-0.1, -0.05) is 19.9 Å². The van der Waals surface area contributed by atoms with E-state index in [-0.39, 0.29) is 17.9 Å². The summed E-state index contributed by atoms with van der Waals surface area (Å²) in [6.45, 7) is 6.06. The van der Waals surface area contributed by atoms with Gasteiger partial charge in [0.1, 0.15) is 22.9 Å². The van der Waals surface area contributed by atoms with Gasteiger partial charge in [0.15, 0.2) is 5.82 Å². The Hall–Kier alpha value is -3.14. The molecule has 34 heavy (non-hydrogen) atoms. The Kier molecular flexibility index (Phi) is 8.49. The Morgan fingerprint density at radius 2 is 1.76 bits per heavy atom. The molecule has 186 valence electrons. The molecule has 1 atom stereocenters. The lowest BCUT2D eigenvalue weighted by Gasteiger charge is -2.24. The lowest BCUT2D eigenvalue weighted by Crippen LogP contribution is -2.38. The fourth-order valence-corrected chi connectivity index (χ4v) is 4.25. The number of likely N-dealkylation sites (N-methyl/N-ethyl adjacent to an activating group) is 1. The average molecular weight is 473 g/mol. The van der Waals surface area contributed by atoms with Crippen LogP contribution in [0.1, 0.15) is 48.3 Å². The van der Waals surface area contributed by atoms with Crippen LogP contribution in [0.4, 0.5) is 0 Å². The van der Waals surface area contributed by atoms with Crippen LogP contribution in [-0.4, -0.2) is 84.3 Å². The quantitative estimate of drug-likeness (QED) is 0.593. The summed E-state index contributed by atoms with van der Waals surface area (Å²) in [5.41, 5.74) is 0.416. The minimum absolute atomic E-state index is 0.0540. The molecule has 1 N–H and O–H groups in total. The van der Waals surface area contributed by atoms with E-state index >= 15 is 0 Å². The van der Waals surface area contributed by atoms with E-state index in [0.29, 0.717) is 55.6 Å². The van der Waals surface area contributed by atoms with Gasteiger partial charge in [0.25, 0.3) is 5.91 Å². The normalized spacial score (nSPS) is 14.5. The van der Waals surface area contributed by atoms with E-state index in [2.05, 4.69) is 33.9 Å². The highest BCUT2D eigenvalue weighted by molar-refractivity contribution is 5.99. The van der Waals surface area contributed by atoms with E-state index in [9.17, 15) is 9.59 Å². The number of hydrogen-bond donors (Lipinski definition) is 1. The van der Waals surface area contributed by atoms with Crippen molar-refractivity contribution in [2.75, 3.05) is 47.9 Å². The summed E-state index contributed by atoms with van der Waals surface area (Å²) in [6.07, 6.45) is 1.31. The second-order valence-corrected chi connectivity index (χ2v) is 9.19. The van der Waals surface area contributed by atoms with Crippen molar-refractivity contribution in [1.82, 2.24) is 29.9 Å². The van der Waals surface area contributed by atoms with Gasteiger partial charge in [-0.15, -0.1) is 10.2 Å². The lowest BCUT2D eigenvalue weighted by molar-refractivity contribution is -0.122. The zero-order valence-electron chi connectivity index (χ0n) is 21.0. The molecule has 1 aromatic heterocycles. The van der Waals surface area contributed by atoms with Crippen LogP contribution in [-0.2, 0) is 17.8 Å². The highest BCUT2D eigenvalue weighted by atomic mass is 16.5. The Labute approximate surface area is 201 Å². The first-order chi connectivity index (χ1) is 16.2. The Bertz CT molecular complexity index is 981. The SMILES string of the molecule is COc1cccc(OC)c1C(=O)N1CCc2nnc(C(CC(C)C)NC(=O)CN(C)C)n2CC1. The van der Waals surface area contributed by atoms with E-state index in [1.54, 1.807) is 37.3 Å². The van der Waals surface area contributed by atoms with Crippen molar-refractivity contribution in [2.45, 2.75) is 39.3 Å². The largest absolute Gasteiger partial charge is 0.496 e. The lowest BCUT2D eigenvalue weighted by atomic mass is 10.0. The maximum atomic E-state index is 13.5. The second kappa shape index (κ2) is 11.3. The fourth-order valence-electron chi connectivity index (χ4n) is 4.25. The number of benzene rings is 1. The Morgan fingerprint density at radius 3 is 2.35 bits per heavy atom. The third kappa shape index (κ3) is 5.85. The maximum Gasteiger partial charge on any atom is 0.261 e. The second-order valence-electron chi connectivity index (χ2n) is 9.19. The predicted octanol–water partition coefficient (Wildman–Crippen LogP) is 1.76. The topological polar surface area (TPSA) is 102 Å². The first-order valence-corrected chi connectivity index (χ1v) is 11.6. The van der Waals surface area contributed by atoms with Crippen LogP contribution in [0.2, 0.25) is 0 Å². The summed E-state index contributed by atoms with van der Waals surface area (Å²) in [5.74, 6) is 2.67. The number of aromatic nitrogens is 3. The molecule has 0 fully saturated rings. The van der Waals surface area contributed by atoms with Gasteiger partial charge in [-0.25, -0.2) is 0 Å². The van der Waals surface area contributed by atoms with Crippen molar-refractivity contribution in [2.24, 2.45) is 5.92 Å². The summed E-state index contributed by atoms with van der Waals surface area (Å²) in [7, 11) is 6.81. The molecule has 2 aromatic rings. The van der Waals surface area contributed by atoms with E-state index in [0.717, 1.165) is 18.1 Å². The average Bonchev–Trinajstić information content (AvgIpc) is 3.07. The minimum Gasteiger partial charge on any atom is -0.496 e. The third-order valence-corrected chi connectivity index (χ3v) is 5.80. The summed E-state index contributed by atoms with van der Waals surface area (Å²) >= 11 is 0. The molecule has 1 unspecified atom stereocenters. The van der Waals surface area contributed by atoms with Crippen LogP contribution in [0.5, 0.6) is 11.5 Å². The zero-order valence-corrected chi connectivity index (χ0v) is 21.0. The molecule has 0 aliphatic carbocycles. The number of methoxy groups -OCH3 is 2. The Morgan fingerprint density at radius 1 is 1.09 bits per heavy atom. The number of amides is 2. The number of hydrogen-bond acceptors (Lipinski definition) is 7. The third-order valence-electron chi connectivity index (χ3n) is 5.80. The van der Waals surface area contributed by atoms with Crippen LogP contribution in [0, 0.1) is 5.92 Å². The molecule has 0 saturated carbocycles. The molecule has 2 amide bonds. The molecular weight excluding hydrogens is 436 g/mol. The summed E-state index contributed by atoms with van der Waals surface area (Å²) < 4.78 is 12.9. The first kappa shape index (κ1) is 25.5. The van der Waals surface area contributed by atoms with Gasteiger partial charge in [-0.05, 0) is 38.6 Å². The highest BCUT2D eigenvalue weighted by Crippen LogP contribution is 2.30. The zero-order chi connectivity index (χ0) is 24.8. The molecule has 2 heterocycles. The molecule has 0 spiro atoms. The van der Waals surface area contributed by atoms with Gasteiger partial charge in [0.2, 0.25) is 5.91 Å². The fraction of sp³-hybridized carbons (Fsp3) is 0.583. The van der Waals surface area contributed by atoms with Crippen molar-refractivity contribution >= 4 is 11.8 Å². The molecule has 0 bridgehead atoms. The number of nitrogens with one attached hydrogen (secondary N) is 1. The van der Waals surface area contributed by atoms with E-state index in [1.807, 2.05) is 19.0 Å². The van der Waals surface area contributed by atoms with Crippen molar-refractivity contribution in [1.29, 1.82) is 0 Å². The molecule has 0 saturated heterocycles. The number of nitrogens with zero attached hydrogens (tertiary/aromatic N) is 5. The van der Waals surface area contributed by atoms with Gasteiger partial charge in [0.05, 0.1) is 26.8 Å². The first-order valence-electron chi connectivity index (χ1n) is 11.6. The van der Waals surface area contributed by atoms with Crippen LogP contribution < -0.4 is 14.8 Å². The molecular formula is C24H36N6O4. The van der Waals surface area contributed by atoms with E-state index in [4.69, 9.17) is 9.47 Å². The smallest absolute Gasteiger partial charge is 0.261 e. The summed E-state index contributed by atoms with van der Waals surface area (Å²) in [5, 5.41) is 12.0. The van der Waals surface area contributed by atoms with E-state index < -0.39 is 0 Å². The Balaban J connectivity index is 1.82. The van der Waals surface area contributed by atoms with Gasteiger partial charge in [-0.2, -0.15) is 0 Å². The molecule has 10 nitrogen and oxygen atoms in total. The number of fused-ring (bicyclic) bond motifs is 1. The standard InChI is InChI=1S/C24H36N6O4/c1-16(2)14-17(25-21(31)15-28(3)4)23-27-26-20-10-11-29(12-13-30(20)23)24(32)22-18(33-5)8-7-9-19(22)34-6/h7-9,16-17H,10-15H2,1-6H3,(H,25,31). The van der Waals surface area contributed by atoms with Crippen molar-refractivity contribution < 1.29 is 19.1 Å². The molecule has 10 heteroatoms. The van der Waals surface area contributed by atoms with Crippen molar-refractivity contribution in [3.8, 4) is 11.5 Å². The van der Waals surface area contributed by atoms with Crippen molar-refractivity contribution in [3.05, 3.63) is 35.4 Å². The molecule has 1 aromatic carbocycles. The maximum absolute atomic E-state index is 13.5. The molecule has 1 aliphatic rings. The molecule has 3 rings (SSSR count). The number of ether oxygens (including phenoxy) is 2.